The van der Waals surface area contributed by atoms with E-state index >= 15 is 0 Å². The summed E-state index contributed by atoms with van der Waals surface area (Å²) in [5, 5.41) is 3.30. The van der Waals surface area contributed by atoms with E-state index in [2.05, 4.69) is 12.2 Å². The molecule has 102 valence electrons. The normalized spacial score (nSPS) is 12.7. The van der Waals surface area contributed by atoms with Gasteiger partial charge in [0.05, 0.1) is 0 Å². The first kappa shape index (κ1) is 15.4. The van der Waals surface area contributed by atoms with Crippen molar-refractivity contribution in [1.29, 1.82) is 0 Å². The lowest BCUT2D eigenvalue weighted by Crippen LogP contribution is -2.30. The summed E-state index contributed by atoms with van der Waals surface area (Å²) < 4.78 is 26.9. The first-order valence-corrected chi connectivity index (χ1v) is 7.54. The van der Waals surface area contributed by atoms with Crippen molar-refractivity contribution in [2.24, 2.45) is 0 Å². The van der Waals surface area contributed by atoms with E-state index in [1.165, 1.54) is 18.2 Å². The zero-order valence-corrected chi connectivity index (χ0v) is 11.8. The lowest BCUT2D eigenvalue weighted by molar-refractivity contribution is 0.500. The molecule has 1 nitrogen and oxygen atoms in total. The Morgan fingerprint density at radius 2 is 1.94 bits per heavy atom. The van der Waals surface area contributed by atoms with Gasteiger partial charge in [-0.2, -0.15) is 11.8 Å². The second kappa shape index (κ2) is 8.48. The Bertz CT molecular complexity index is 337. The van der Waals surface area contributed by atoms with Gasteiger partial charge in [-0.25, -0.2) is 8.78 Å². The maximum Gasteiger partial charge on any atom is 0.129 e. The minimum Gasteiger partial charge on any atom is -0.314 e. The van der Waals surface area contributed by atoms with E-state index in [-0.39, 0.29) is 11.6 Å². The molecule has 0 saturated carbocycles. The van der Waals surface area contributed by atoms with E-state index in [1.54, 1.807) is 0 Å². The third kappa shape index (κ3) is 5.36. The van der Waals surface area contributed by atoms with Gasteiger partial charge in [-0.1, -0.05) is 13.0 Å². The van der Waals surface area contributed by atoms with Crippen LogP contribution in [0.25, 0.3) is 0 Å². The summed E-state index contributed by atoms with van der Waals surface area (Å²) in [6.45, 7) is 4.99. The number of benzene rings is 1. The molecular weight excluding hydrogens is 252 g/mol. The molecule has 4 heteroatoms. The minimum absolute atomic E-state index is 0.0861. The number of rotatable bonds is 8. The van der Waals surface area contributed by atoms with Crippen LogP contribution >= 0.6 is 11.8 Å². The molecule has 1 N–H and O–H groups in total. The van der Waals surface area contributed by atoms with Gasteiger partial charge in [0.2, 0.25) is 0 Å². The lowest BCUT2D eigenvalue weighted by atomic mass is 10.1. The van der Waals surface area contributed by atoms with E-state index in [0.717, 1.165) is 24.5 Å². The van der Waals surface area contributed by atoms with Crippen molar-refractivity contribution >= 4 is 11.8 Å². The highest BCUT2D eigenvalue weighted by atomic mass is 32.2. The summed E-state index contributed by atoms with van der Waals surface area (Å²) in [4.78, 5) is 0. The molecule has 0 heterocycles. The fraction of sp³-hybridized carbons (Fsp3) is 0.571. The molecule has 0 spiro atoms. The second-order valence-electron chi connectivity index (χ2n) is 4.31. The van der Waals surface area contributed by atoms with Crippen LogP contribution in [0.2, 0.25) is 0 Å². The van der Waals surface area contributed by atoms with E-state index in [9.17, 15) is 8.78 Å². The molecule has 0 aliphatic rings. The van der Waals surface area contributed by atoms with Crippen LogP contribution in [0.3, 0.4) is 0 Å². The first-order chi connectivity index (χ1) is 8.65. The highest BCUT2D eigenvalue weighted by molar-refractivity contribution is 7.99. The predicted molar refractivity (Wildman–Crippen MR) is 75.1 cm³/mol. The Hall–Kier alpha value is -0.610. The number of nitrogens with one attached hydrogen (secondary N) is 1. The molecule has 0 aliphatic carbocycles. The van der Waals surface area contributed by atoms with Gasteiger partial charge in [-0.15, -0.1) is 0 Å². The molecule has 1 unspecified atom stereocenters. The van der Waals surface area contributed by atoms with Crippen molar-refractivity contribution in [3.05, 3.63) is 35.4 Å². The highest BCUT2D eigenvalue weighted by Gasteiger charge is 2.11. The molecule has 1 aromatic rings. The average molecular weight is 273 g/mol. The monoisotopic (exact) mass is 273 g/mol. The van der Waals surface area contributed by atoms with E-state index in [0.29, 0.717) is 6.42 Å². The van der Waals surface area contributed by atoms with Gasteiger partial charge in [0.25, 0.3) is 0 Å². The molecule has 0 fully saturated rings. The molecule has 0 aromatic heterocycles. The SMILES string of the molecule is CCSCCCNC(C)Cc1c(F)cccc1F. The minimum atomic E-state index is -0.454. The van der Waals surface area contributed by atoms with Gasteiger partial charge >= 0.3 is 0 Å². The highest BCUT2D eigenvalue weighted by Crippen LogP contribution is 2.14. The van der Waals surface area contributed by atoms with Crippen molar-refractivity contribution in [1.82, 2.24) is 5.32 Å². The van der Waals surface area contributed by atoms with Crippen molar-refractivity contribution in [2.75, 3.05) is 18.1 Å². The van der Waals surface area contributed by atoms with E-state index in [1.807, 2.05) is 18.7 Å². The van der Waals surface area contributed by atoms with Gasteiger partial charge in [-0.05, 0) is 49.9 Å². The van der Waals surface area contributed by atoms with Crippen molar-refractivity contribution in [3.8, 4) is 0 Å². The second-order valence-corrected chi connectivity index (χ2v) is 5.70. The molecule has 1 rings (SSSR count). The van der Waals surface area contributed by atoms with Crippen LogP contribution in [-0.4, -0.2) is 24.1 Å². The number of halogens is 2. The van der Waals surface area contributed by atoms with E-state index < -0.39 is 11.6 Å². The van der Waals surface area contributed by atoms with E-state index in [4.69, 9.17) is 0 Å². The van der Waals surface area contributed by atoms with Crippen LogP contribution in [0.15, 0.2) is 18.2 Å². The standard InChI is InChI=1S/C14H21F2NS/c1-3-18-9-5-8-17-11(2)10-12-13(15)6-4-7-14(12)16/h4,6-7,11,17H,3,5,8-10H2,1-2H3. The Morgan fingerprint density at radius 1 is 1.28 bits per heavy atom. The molecule has 0 radical (unpaired) electrons. The quantitative estimate of drug-likeness (QED) is 0.726. The summed E-state index contributed by atoms with van der Waals surface area (Å²) in [5.74, 6) is 1.36. The van der Waals surface area contributed by atoms with Gasteiger partial charge in [-0.3, -0.25) is 0 Å². The fourth-order valence-corrected chi connectivity index (χ4v) is 2.41. The van der Waals surface area contributed by atoms with Crippen LogP contribution in [0, 0.1) is 11.6 Å². The zero-order valence-electron chi connectivity index (χ0n) is 11.0. The Morgan fingerprint density at radius 3 is 2.56 bits per heavy atom. The van der Waals surface area contributed by atoms with Crippen LogP contribution in [0.5, 0.6) is 0 Å². The van der Waals surface area contributed by atoms with Gasteiger partial charge in [0.15, 0.2) is 0 Å². The maximum atomic E-state index is 13.4. The number of thioether (sulfide) groups is 1. The third-order valence-electron chi connectivity index (χ3n) is 2.73. The average Bonchev–Trinajstić information content (AvgIpc) is 2.34. The molecular formula is C14H21F2NS. The Labute approximate surface area is 112 Å². The topological polar surface area (TPSA) is 12.0 Å². The van der Waals surface area contributed by atoms with Gasteiger partial charge in [0.1, 0.15) is 11.6 Å². The molecule has 0 saturated heterocycles. The zero-order chi connectivity index (χ0) is 13.4. The molecule has 0 amide bonds. The first-order valence-electron chi connectivity index (χ1n) is 6.39. The summed E-state index contributed by atoms with van der Waals surface area (Å²) >= 11 is 1.91. The van der Waals surface area contributed by atoms with Crippen LogP contribution in [0.1, 0.15) is 25.8 Å². The molecule has 18 heavy (non-hydrogen) atoms. The van der Waals surface area contributed by atoms with Crippen LogP contribution in [0.4, 0.5) is 8.78 Å². The Balaban J connectivity index is 2.33. The van der Waals surface area contributed by atoms with Crippen LogP contribution in [-0.2, 0) is 6.42 Å². The summed E-state index contributed by atoms with van der Waals surface area (Å²) in [7, 11) is 0. The third-order valence-corrected chi connectivity index (χ3v) is 3.72. The lowest BCUT2D eigenvalue weighted by Gasteiger charge is -2.14. The molecule has 0 aliphatic heterocycles. The van der Waals surface area contributed by atoms with Crippen molar-refractivity contribution in [2.45, 2.75) is 32.7 Å². The number of hydrogen-bond donors (Lipinski definition) is 1. The summed E-state index contributed by atoms with van der Waals surface area (Å²) in [6.07, 6.45) is 1.47. The van der Waals surface area contributed by atoms with Crippen LogP contribution < -0.4 is 5.32 Å². The molecule has 1 atom stereocenters. The summed E-state index contributed by atoms with van der Waals surface area (Å²) in [5.41, 5.74) is 0.181. The number of hydrogen-bond acceptors (Lipinski definition) is 2. The largest absolute Gasteiger partial charge is 0.314 e. The summed E-state index contributed by atoms with van der Waals surface area (Å²) in [6, 6.07) is 4.10. The fourth-order valence-electron chi connectivity index (χ4n) is 1.77. The maximum absolute atomic E-state index is 13.4. The van der Waals surface area contributed by atoms with Gasteiger partial charge in [0, 0.05) is 11.6 Å². The van der Waals surface area contributed by atoms with Crippen molar-refractivity contribution < 1.29 is 8.78 Å². The van der Waals surface area contributed by atoms with Gasteiger partial charge < -0.3 is 5.32 Å². The molecule has 0 bridgehead atoms. The molecule has 1 aromatic carbocycles. The predicted octanol–water partition coefficient (Wildman–Crippen LogP) is 3.63. The Kier molecular flexibility index (Phi) is 7.28. The smallest absolute Gasteiger partial charge is 0.129 e. The van der Waals surface area contributed by atoms with Crippen molar-refractivity contribution in [3.63, 3.8) is 0 Å².